The predicted molar refractivity (Wildman–Crippen MR) is 137 cm³/mol. The minimum Gasteiger partial charge on any atom is -0.482 e. The summed E-state index contributed by atoms with van der Waals surface area (Å²) in [5.74, 6) is -1.63. The van der Waals surface area contributed by atoms with Crippen LogP contribution in [0.1, 0.15) is 65.5 Å². The Morgan fingerprint density at radius 2 is 1.85 bits per heavy atom. The van der Waals surface area contributed by atoms with Gasteiger partial charge < -0.3 is 28.8 Å². The zero-order valence-electron chi connectivity index (χ0n) is 22.8. The highest BCUT2D eigenvalue weighted by atomic mass is 16.6. The predicted octanol–water partition coefficient (Wildman–Crippen LogP) is 3.18. The molecule has 8 atom stereocenters. The van der Waals surface area contributed by atoms with Crippen LogP contribution < -0.4 is 10.4 Å². The first-order chi connectivity index (χ1) is 18.3. The number of pyridine rings is 1. The van der Waals surface area contributed by atoms with E-state index in [2.05, 4.69) is 4.98 Å². The van der Waals surface area contributed by atoms with Crippen LogP contribution in [-0.2, 0) is 19.1 Å². The van der Waals surface area contributed by atoms with E-state index < -0.39 is 58.2 Å². The Balaban J connectivity index is 1.66. The molecule has 2 unspecified atom stereocenters. The van der Waals surface area contributed by atoms with Gasteiger partial charge in [-0.05, 0) is 49.7 Å². The number of hydrogen-bond donors (Lipinski definition) is 2. The summed E-state index contributed by atoms with van der Waals surface area (Å²) in [4.78, 5) is 41.6. The number of nitrogens with zero attached hydrogens (tertiary/aromatic N) is 1. The molecule has 2 N–H and O–H groups in total. The molecule has 3 aliphatic rings. The minimum absolute atomic E-state index is 0.00127. The van der Waals surface area contributed by atoms with E-state index in [1.54, 1.807) is 37.5 Å². The maximum absolute atomic E-state index is 13.3. The standard InChI is InChI=1S/C29H35NO9/c1-15(32)36-21-8-9-27(3)20(28(21,4)14-31)12-22(37-16(2)33)29(5)25(27)24(34)23-19(39-29)11-18(38-26(23)35)17-7-6-10-30-13-17/h6-7,10-11,13,20-22,24-25,31,34H,8-9,12,14H2,1-5H3/t20?,21-,22-,24-,25?,27-,28-,29+/m0/s1. The number of carbonyl (C=O) groups excluding carboxylic acids is 2. The van der Waals surface area contributed by atoms with Gasteiger partial charge in [0.1, 0.15) is 34.9 Å². The Morgan fingerprint density at radius 1 is 1.15 bits per heavy atom. The molecular formula is C29H35NO9. The fourth-order valence-electron chi connectivity index (χ4n) is 7.80. The van der Waals surface area contributed by atoms with Crippen LogP contribution in [0.5, 0.6) is 5.75 Å². The van der Waals surface area contributed by atoms with Gasteiger partial charge >= 0.3 is 17.6 Å². The molecule has 1 aliphatic heterocycles. The van der Waals surface area contributed by atoms with Crippen molar-refractivity contribution in [3.63, 3.8) is 0 Å². The number of aliphatic hydroxyl groups is 2. The second kappa shape index (κ2) is 9.45. The number of ether oxygens (including phenoxy) is 3. The number of aromatic nitrogens is 1. The van der Waals surface area contributed by atoms with Gasteiger partial charge in [0.2, 0.25) is 0 Å². The molecule has 2 saturated carbocycles. The molecule has 39 heavy (non-hydrogen) atoms. The van der Waals surface area contributed by atoms with Crippen LogP contribution in [0, 0.1) is 22.7 Å². The van der Waals surface area contributed by atoms with E-state index in [0.29, 0.717) is 24.8 Å². The largest absolute Gasteiger partial charge is 0.482 e. The molecular weight excluding hydrogens is 506 g/mol. The van der Waals surface area contributed by atoms with Gasteiger partial charge in [-0.15, -0.1) is 0 Å². The highest BCUT2D eigenvalue weighted by molar-refractivity contribution is 5.67. The quantitative estimate of drug-likeness (QED) is 0.554. The van der Waals surface area contributed by atoms with Crippen LogP contribution in [0.15, 0.2) is 39.8 Å². The second-order valence-electron chi connectivity index (χ2n) is 11.8. The lowest BCUT2D eigenvalue weighted by molar-refractivity contribution is -0.270. The Morgan fingerprint density at radius 3 is 2.46 bits per heavy atom. The van der Waals surface area contributed by atoms with Crippen molar-refractivity contribution in [3.8, 4) is 17.1 Å². The molecule has 2 aliphatic carbocycles. The molecule has 0 radical (unpaired) electrons. The van der Waals surface area contributed by atoms with Gasteiger partial charge in [-0.25, -0.2) is 4.79 Å². The minimum atomic E-state index is -1.31. The van der Waals surface area contributed by atoms with Gasteiger partial charge in [0.25, 0.3) is 0 Å². The second-order valence-corrected chi connectivity index (χ2v) is 11.8. The molecule has 5 rings (SSSR count). The number of carbonyl (C=O) groups is 2. The number of esters is 2. The summed E-state index contributed by atoms with van der Waals surface area (Å²) in [6, 6.07) is 5.02. The maximum Gasteiger partial charge on any atom is 0.345 e. The first-order valence-electron chi connectivity index (χ1n) is 13.3. The van der Waals surface area contributed by atoms with Crippen LogP contribution >= 0.6 is 0 Å². The Kier molecular flexibility index (Phi) is 6.62. The lowest BCUT2D eigenvalue weighted by atomic mass is 9.42. The lowest BCUT2D eigenvalue weighted by Crippen LogP contribution is -2.71. The summed E-state index contributed by atoms with van der Waals surface area (Å²) in [5.41, 5.74) is -2.96. The normalized spacial score (nSPS) is 36.9. The fourth-order valence-corrected chi connectivity index (χ4v) is 7.80. The van der Waals surface area contributed by atoms with Gasteiger partial charge in [0.15, 0.2) is 0 Å². The van der Waals surface area contributed by atoms with Crippen molar-refractivity contribution in [1.29, 1.82) is 0 Å². The third-order valence-electron chi connectivity index (χ3n) is 9.48. The summed E-state index contributed by atoms with van der Waals surface area (Å²) in [6.07, 6.45) is 1.73. The average Bonchev–Trinajstić information content (AvgIpc) is 2.86. The molecule has 0 aromatic carbocycles. The van der Waals surface area contributed by atoms with Gasteiger partial charge in [-0.2, -0.15) is 0 Å². The van der Waals surface area contributed by atoms with E-state index in [1.807, 2.05) is 13.8 Å². The van der Waals surface area contributed by atoms with Gasteiger partial charge in [0, 0.05) is 49.2 Å². The molecule has 0 amide bonds. The van der Waals surface area contributed by atoms with Gasteiger partial charge in [-0.1, -0.05) is 13.8 Å². The van der Waals surface area contributed by atoms with E-state index >= 15 is 0 Å². The van der Waals surface area contributed by atoms with Crippen molar-refractivity contribution in [2.24, 2.45) is 22.7 Å². The van der Waals surface area contributed by atoms with Crippen molar-refractivity contribution in [3.05, 3.63) is 46.6 Å². The van der Waals surface area contributed by atoms with Gasteiger partial charge in [0.05, 0.1) is 12.7 Å². The molecule has 2 aromatic heterocycles. The molecule has 0 spiro atoms. The van der Waals surface area contributed by atoms with Crippen molar-refractivity contribution < 1.29 is 38.4 Å². The van der Waals surface area contributed by atoms with Crippen LogP contribution in [0.4, 0.5) is 0 Å². The van der Waals surface area contributed by atoms with Crippen LogP contribution in [0.3, 0.4) is 0 Å². The van der Waals surface area contributed by atoms with E-state index in [9.17, 15) is 24.6 Å². The summed E-state index contributed by atoms with van der Waals surface area (Å²) in [7, 11) is 0. The average molecular weight is 542 g/mol. The number of rotatable bonds is 4. The van der Waals surface area contributed by atoms with Crippen molar-refractivity contribution >= 4 is 11.9 Å². The number of fused-ring (bicyclic) bond motifs is 4. The lowest BCUT2D eigenvalue weighted by Gasteiger charge is -2.66. The Bertz CT molecular complexity index is 1340. The van der Waals surface area contributed by atoms with E-state index in [0.717, 1.165) is 0 Å². The first kappa shape index (κ1) is 27.3. The van der Waals surface area contributed by atoms with Crippen molar-refractivity contribution in [2.45, 2.75) is 77.8 Å². The van der Waals surface area contributed by atoms with Gasteiger partial charge in [-0.3, -0.25) is 14.6 Å². The Hall–Kier alpha value is -3.24. The summed E-state index contributed by atoms with van der Waals surface area (Å²) < 4.78 is 23.7. The molecule has 3 heterocycles. The zero-order chi connectivity index (χ0) is 28.3. The zero-order valence-corrected chi connectivity index (χ0v) is 22.8. The van der Waals surface area contributed by atoms with E-state index in [1.165, 1.54) is 13.8 Å². The smallest absolute Gasteiger partial charge is 0.345 e. The molecule has 0 saturated heterocycles. The van der Waals surface area contributed by atoms with E-state index in [4.69, 9.17) is 18.6 Å². The molecule has 2 fully saturated rings. The monoisotopic (exact) mass is 541 g/mol. The highest BCUT2D eigenvalue weighted by Gasteiger charge is 2.70. The van der Waals surface area contributed by atoms with E-state index in [-0.39, 0.29) is 29.6 Å². The number of aliphatic hydroxyl groups excluding tert-OH is 2. The topological polar surface area (TPSA) is 145 Å². The summed E-state index contributed by atoms with van der Waals surface area (Å²) in [5, 5.41) is 22.6. The SMILES string of the molecule is CC(=O)O[C@H]1CC[C@@]2(C)C(C[C@H](OC(C)=O)[C@@]3(C)Oc4cc(-c5cccnc5)oc(=O)c4[C@H](O)C23)[C@]1(C)CO. The van der Waals surface area contributed by atoms with Crippen LogP contribution in [-0.4, -0.2) is 51.6 Å². The highest BCUT2D eigenvalue weighted by Crippen LogP contribution is 2.67. The number of hydrogen-bond acceptors (Lipinski definition) is 10. The summed E-state index contributed by atoms with van der Waals surface area (Å²) >= 11 is 0. The first-order valence-corrected chi connectivity index (χ1v) is 13.3. The van der Waals surface area contributed by atoms with Crippen molar-refractivity contribution in [2.75, 3.05) is 6.61 Å². The Labute approximate surface area is 226 Å². The molecule has 10 nitrogen and oxygen atoms in total. The third kappa shape index (κ3) is 4.15. The molecule has 10 heteroatoms. The van der Waals surface area contributed by atoms with Crippen molar-refractivity contribution in [1.82, 2.24) is 4.98 Å². The van der Waals surface area contributed by atoms with Crippen LogP contribution in [0.2, 0.25) is 0 Å². The third-order valence-corrected chi connectivity index (χ3v) is 9.48. The van der Waals surface area contributed by atoms with Crippen LogP contribution in [0.25, 0.3) is 11.3 Å². The molecule has 0 bridgehead atoms. The summed E-state index contributed by atoms with van der Waals surface area (Å²) in [6.45, 7) is 8.01. The molecule has 210 valence electrons. The molecule has 2 aromatic rings. The maximum atomic E-state index is 13.3. The fraction of sp³-hybridized carbons (Fsp3) is 0.586.